The van der Waals surface area contributed by atoms with Crippen molar-refractivity contribution in [2.75, 3.05) is 20.2 Å². The fraction of sp³-hybridized carbons (Fsp3) is 0.611. The van der Waals surface area contributed by atoms with Crippen LogP contribution in [0.2, 0.25) is 0 Å². The van der Waals surface area contributed by atoms with Gasteiger partial charge in [0.15, 0.2) is 5.96 Å². The Kier molecular flexibility index (Phi) is 9.36. The third-order valence-electron chi connectivity index (χ3n) is 3.90. The van der Waals surface area contributed by atoms with Gasteiger partial charge in [0.1, 0.15) is 5.75 Å². The molecule has 1 aliphatic rings. The number of rotatable bonds is 8. The molecule has 130 valence electrons. The van der Waals surface area contributed by atoms with Crippen molar-refractivity contribution in [3.8, 4) is 5.75 Å². The second kappa shape index (κ2) is 10.7. The van der Waals surface area contributed by atoms with Crippen LogP contribution in [0.5, 0.6) is 5.75 Å². The summed E-state index contributed by atoms with van der Waals surface area (Å²) in [5.74, 6) is 2.78. The summed E-state index contributed by atoms with van der Waals surface area (Å²) >= 11 is 0. The summed E-state index contributed by atoms with van der Waals surface area (Å²) < 4.78 is 5.85. The summed E-state index contributed by atoms with van der Waals surface area (Å²) in [6.07, 6.45) is 5.06. The molecule has 0 aliphatic heterocycles. The highest BCUT2D eigenvalue weighted by atomic mass is 127. The van der Waals surface area contributed by atoms with E-state index in [4.69, 9.17) is 4.74 Å². The van der Waals surface area contributed by atoms with Crippen LogP contribution in [0.25, 0.3) is 0 Å². The van der Waals surface area contributed by atoms with Crippen LogP contribution in [0.15, 0.2) is 23.2 Å². The van der Waals surface area contributed by atoms with Crippen molar-refractivity contribution < 1.29 is 4.74 Å². The normalized spacial score (nSPS) is 14.1. The minimum Gasteiger partial charge on any atom is -0.493 e. The number of hydrogen-bond acceptors (Lipinski definition) is 2. The number of aryl methyl sites for hydroxylation is 1. The number of benzene rings is 1. The summed E-state index contributed by atoms with van der Waals surface area (Å²) in [6.45, 7) is 6.69. The first kappa shape index (κ1) is 20.1. The predicted molar refractivity (Wildman–Crippen MR) is 108 cm³/mol. The van der Waals surface area contributed by atoms with Gasteiger partial charge in [-0.3, -0.25) is 4.99 Å². The molecule has 0 aromatic heterocycles. The van der Waals surface area contributed by atoms with Gasteiger partial charge in [-0.25, -0.2) is 0 Å². The number of aliphatic imine (C=N–C) groups is 1. The molecule has 0 radical (unpaired) electrons. The Morgan fingerprint density at radius 2 is 2.09 bits per heavy atom. The van der Waals surface area contributed by atoms with Crippen molar-refractivity contribution in [3.63, 3.8) is 0 Å². The smallest absolute Gasteiger partial charge is 0.191 e. The van der Waals surface area contributed by atoms with Crippen LogP contribution in [0, 0.1) is 12.8 Å². The van der Waals surface area contributed by atoms with E-state index < -0.39 is 0 Å². The van der Waals surface area contributed by atoms with Gasteiger partial charge in [-0.2, -0.15) is 0 Å². The molecule has 23 heavy (non-hydrogen) atoms. The van der Waals surface area contributed by atoms with Gasteiger partial charge in [-0.15, -0.1) is 24.0 Å². The first-order chi connectivity index (χ1) is 10.7. The van der Waals surface area contributed by atoms with E-state index in [0.29, 0.717) is 0 Å². The van der Waals surface area contributed by atoms with Crippen molar-refractivity contribution in [1.29, 1.82) is 0 Å². The highest BCUT2D eigenvalue weighted by Crippen LogP contribution is 2.31. The summed E-state index contributed by atoms with van der Waals surface area (Å²) in [6, 6.07) is 6.36. The van der Waals surface area contributed by atoms with E-state index in [-0.39, 0.29) is 24.0 Å². The van der Waals surface area contributed by atoms with E-state index in [1.54, 1.807) is 0 Å². The van der Waals surface area contributed by atoms with Crippen molar-refractivity contribution in [3.05, 3.63) is 29.3 Å². The maximum absolute atomic E-state index is 5.85. The van der Waals surface area contributed by atoms with Gasteiger partial charge >= 0.3 is 0 Å². The third-order valence-corrected chi connectivity index (χ3v) is 3.90. The molecule has 0 bridgehead atoms. The average Bonchev–Trinajstić information content (AvgIpc) is 3.34. The first-order valence-electron chi connectivity index (χ1n) is 8.39. The van der Waals surface area contributed by atoms with Crippen LogP contribution in [0.4, 0.5) is 0 Å². The molecule has 0 heterocycles. The largest absolute Gasteiger partial charge is 0.493 e. The number of hydrogen-bond donors (Lipinski definition) is 2. The molecule has 4 nitrogen and oxygen atoms in total. The minimum absolute atomic E-state index is 0. The Labute approximate surface area is 157 Å². The Morgan fingerprint density at radius 1 is 1.30 bits per heavy atom. The van der Waals surface area contributed by atoms with Gasteiger partial charge in [0.2, 0.25) is 0 Å². The van der Waals surface area contributed by atoms with Crippen molar-refractivity contribution >= 4 is 29.9 Å². The highest BCUT2D eigenvalue weighted by molar-refractivity contribution is 14.0. The van der Waals surface area contributed by atoms with Gasteiger partial charge in [0.25, 0.3) is 0 Å². The molecular formula is C18H30IN3O. The molecule has 2 N–H and O–H groups in total. The Morgan fingerprint density at radius 3 is 2.74 bits per heavy atom. The maximum atomic E-state index is 5.85. The van der Waals surface area contributed by atoms with E-state index in [9.17, 15) is 0 Å². The maximum Gasteiger partial charge on any atom is 0.191 e. The summed E-state index contributed by atoms with van der Waals surface area (Å²) in [7, 11) is 1.82. The first-order valence-corrected chi connectivity index (χ1v) is 8.39. The standard InChI is InChI=1S/C18H29N3O.HI/c1-4-11-22-17-12-14(2)5-8-16(17)13-21-18(19-3)20-10-9-15-6-7-15;/h5,8,12,15H,4,6-7,9-11,13H2,1-3H3,(H2,19,20,21);1H. The van der Waals surface area contributed by atoms with Crippen molar-refractivity contribution in [1.82, 2.24) is 10.6 Å². The monoisotopic (exact) mass is 431 g/mol. The molecule has 0 unspecified atom stereocenters. The van der Waals surface area contributed by atoms with Gasteiger partial charge in [0, 0.05) is 25.7 Å². The summed E-state index contributed by atoms with van der Waals surface area (Å²) in [4.78, 5) is 4.28. The van der Waals surface area contributed by atoms with E-state index in [1.165, 1.54) is 30.4 Å². The molecule has 1 aromatic carbocycles. The summed E-state index contributed by atoms with van der Waals surface area (Å²) in [5.41, 5.74) is 2.39. The molecule has 5 heteroatoms. The lowest BCUT2D eigenvalue weighted by molar-refractivity contribution is 0.313. The second-order valence-corrected chi connectivity index (χ2v) is 6.04. The van der Waals surface area contributed by atoms with E-state index in [0.717, 1.165) is 43.7 Å². The molecule has 0 spiro atoms. The average molecular weight is 431 g/mol. The van der Waals surface area contributed by atoms with Gasteiger partial charge in [-0.05, 0) is 37.3 Å². The zero-order chi connectivity index (χ0) is 15.8. The third kappa shape index (κ3) is 7.42. The molecule has 1 aliphatic carbocycles. The molecule has 0 atom stereocenters. The van der Waals surface area contributed by atoms with Crippen LogP contribution in [-0.4, -0.2) is 26.2 Å². The van der Waals surface area contributed by atoms with Crippen LogP contribution in [-0.2, 0) is 6.54 Å². The van der Waals surface area contributed by atoms with Crippen LogP contribution in [0.3, 0.4) is 0 Å². The van der Waals surface area contributed by atoms with Crippen LogP contribution in [0.1, 0.15) is 43.7 Å². The fourth-order valence-corrected chi connectivity index (χ4v) is 2.35. The number of guanidine groups is 1. The number of halogens is 1. The Balaban J connectivity index is 0.00000264. The molecular weight excluding hydrogens is 401 g/mol. The molecule has 0 amide bonds. The lowest BCUT2D eigenvalue weighted by Gasteiger charge is -2.15. The summed E-state index contributed by atoms with van der Waals surface area (Å²) in [5, 5.41) is 6.76. The quantitative estimate of drug-likeness (QED) is 0.373. The lowest BCUT2D eigenvalue weighted by atomic mass is 10.1. The van der Waals surface area contributed by atoms with Gasteiger partial charge in [0.05, 0.1) is 6.61 Å². The van der Waals surface area contributed by atoms with Crippen molar-refractivity contribution in [2.45, 2.75) is 46.1 Å². The second-order valence-electron chi connectivity index (χ2n) is 6.04. The zero-order valence-corrected chi connectivity index (χ0v) is 16.9. The lowest BCUT2D eigenvalue weighted by Crippen LogP contribution is -2.37. The molecule has 0 saturated heterocycles. The van der Waals surface area contributed by atoms with Gasteiger partial charge < -0.3 is 15.4 Å². The molecule has 2 rings (SSSR count). The molecule has 1 saturated carbocycles. The molecule has 1 fully saturated rings. The minimum atomic E-state index is 0. The Bertz CT molecular complexity index is 501. The number of ether oxygens (including phenoxy) is 1. The van der Waals surface area contributed by atoms with Gasteiger partial charge in [-0.1, -0.05) is 31.9 Å². The zero-order valence-electron chi connectivity index (χ0n) is 14.5. The Hall–Kier alpha value is -0.980. The van der Waals surface area contributed by atoms with Crippen molar-refractivity contribution in [2.24, 2.45) is 10.9 Å². The SMILES string of the molecule is CCCOc1cc(C)ccc1CNC(=NC)NCCC1CC1.I. The topological polar surface area (TPSA) is 45.6 Å². The number of nitrogens with zero attached hydrogens (tertiary/aromatic N) is 1. The predicted octanol–water partition coefficient (Wildman–Crippen LogP) is 3.87. The molecule has 1 aromatic rings. The van der Waals surface area contributed by atoms with E-state index in [1.807, 2.05) is 7.05 Å². The fourth-order valence-electron chi connectivity index (χ4n) is 2.35. The number of nitrogens with one attached hydrogen (secondary N) is 2. The highest BCUT2D eigenvalue weighted by Gasteiger charge is 2.20. The van der Waals surface area contributed by atoms with Crippen LogP contribution >= 0.6 is 24.0 Å². The van der Waals surface area contributed by atoms with E-state index >= 15 is 0 Å². The van der Waals surface area contributed by atoms with E-state index in [2.05, 4.69) is 47.7 Å². The van der Waals surface area contributed by atoms with Crippen LogP contribution < -0.4 is 15.4 Å².